The van der Waals surface area contributed by atoms with Crippen molar-refractivity contribution in [2.24, 2.45) is 5.92 Å². The minimum absolute atomic E-state index is 0.0562. The Balaban J connectivity index is 2.43. The van der Waals surface area contributed by atoms with Crippen molar-refractivity contribution in [2.75, 3.05) is 0 Å². The third-order valence-electron chi connectivity index (χ3n) is 6.09. The van der Waals surface area contributed by atoms with E-state index in [9.17, 15) is 14.4 Å². The lowest BCUT2D eigenvalue weighted by atomic mass is 9.94. The van der Waals surface area contributed by atoms with E-state index >= 15 is 0 Å². The molecule has 0 aliphatic heterocycles. The topological polar surface area (TPSA) is 87.7 Å². The van der Waals surface area contributed by atoms with Gasteiger partial charge in [0.1, 0.15) is 17.7 Å². The highest BCUT2D eigenvalue weighted by molar-refractivity contribution is 5.93. The summed E-state index contributed by atoms with van der Waals surface area (Å²) in [6, 6.07) is 6.34. The van der Waals surface area contributed by atoms with Gasteiger partial charge in [-0.05, 0) is 65.4 Å². The smallest absolute Gasteiger partial charge is 0.408 e. The number of nitrogens with one attached hydrogen (secondary N) is 2. The lowest BCUT2D eigenvalue weighted by molar-refractivity contribution is -0.139. The Morgan fingerprint density at radius 1 is 1.08 bits per heavy atom. The summed E-state index contributed by atoms with van der Waals surface area (Å²) in [6.45, 7) is 13.1. The fourth-order valence-electron chi connectivity index (χ4n) is 4.69. The van der Waals surface area contributed by atoms with Gasteiger partial charge in [0.2, 0.25) is 5.91 Å². The van der Waals surface area contributed by atoms with Crippen molar-refractivity contribution in [3.05, 3.63) is 34.9 Å². The zero-order chi connectivity index (χ0) is 27.0. The number of nitrogens with zero attached hydrogens (tertiary/aromatic N) is 1. The third-order valence-corrected chi connectivity index (χ3v) is 6.09. The maximum atomic E-state index is 13.8. The molecule has 0 heterocycles. The van der Waals surface area contributed by atoms with Crippen LogP contribution in [0, 0.1) is 32.2 Å². The van der Waals surface area contributed by atoms with Crippen LogP contribution in [0.5, 0.6) is 0 Å². The van der Waals surface area contributed by atoms with Crippen LogP contribution in [0.3, 0.4) is 0 Å². The first-order valence-corrected chi connectivity index (χ1v) is 13.0. The van der Waals surface area contributed by atoms with Gasteiger partial charge >= 0.3 is 6.09 Å². The summed E-state index contributed by atoms with van der Waals surface area (Å²) in [6.07, 6.45) is 10.6. The average Bonchev–Trinajstić information content (AvgIpc) is 2.74. The second kappa shape index (κ2) is 12.8. The normalized spacial score (nSPS) is 16.0. The van der Waals surface area contributed by atoms with Crippen LogP contribution in [-0.4, -0.2) is 40.5 Å². The van der Waals surface area contributed by atoms with E-state index in [-0.39, 0.29) is 17.9 Å². The van der Waals surface area contributed by atoms with Crippen LogP contribution in [0.25, 0.3) is 0 Å². The Kier molecular flexibility index (Phi) is 10.4. The molecule has 1 aromatic carbocycles. The van der Waals surface area contributed by atoms with Crippen LogP contribution in [-0.2, 0) is 14.3 Å². The van der Waals surface area contributed by atoms with Crippen LogP contribution in [0.1, 0.15) is 95.9 Å². The van der Waals surface area contributed by atoms with E-state index in [1.54, 1.807) is 20.8 Å². The molecule has 0 bridgehead atoms. The molecule has 1 aromatic rings. The number of rotatable bonds is 8. The molecule has 1 aliphatic rings. The standard InChI is InChI=1S/C29H43N3O4/c1-9-32(27(34)24(15-19(2)3)31-28(35)36-29(6,7)8)25(22-17-20(4)16-21(5)18-22)26(33)30-23-13-11-10-12-14-23/h1,16-19,23-25H,10-15H2,2-8H3,(H,30,33)(H,31,35). The predicted octanol–water partition coefficient (Wildman–Crippen LogP) is 5.15. The molecule has 1 saturated carbocycles. The van der Waals surface area contributed by atoms with Crippen LogP contribution in [0.4, 0.5) is 4.79 Å². The van der Waals surface area contributed by atoms with Crippen molar-refractivity contribution in [3.63, 3.8) is 0 Å². The molecule has 7 nitrogen and oxygen atoms in total. The van der Waals surface area contributed by atoms with Gasteiger partial charge in [0.15, 0.2) is 0 Å². The van der Waals surface area contributed by atoms with Crippen molar-refractivity contribution in [1.29, 1.82) is 0 Å². The summed E-state index contributed by atoms with van der Waals surface area (Å²) in [5, 5.41) is 5.83. The SMILES string of the molecule is C#CN(C(=O)C(CC(C)C)NC(=O)OC(C)(C)C)C(C(=O)NC1CCCCC1)c1cc(C)cc(C)c1. The lowest BCUT2D eigenvalue weighted by Gasteiger charge is -2.32. The highest BCUT2D eigenvalue weighted by atomic mass is 16.6. The van der Waals surface area contributed by atoms with Gasteiger partial charge in [-0.25, -0.2) is 4.79 Å². The van der Waals surface area contributed by atoms with E-state index in [2.05, 4.69) is 16.7 Å². The number of ether oxygens (including phenoxy) is 1. The molecule has 198 valence electrons. The Morgan fingerprint density at radius 2 is 1.67 bits per heavy atom. The number of aryl methyl sites for hydroxylation is 2. The average molecular weight is 498 g/mol. The van der Waals surface area contributed by atoms with E-state index in [0.29, 0.717) is 12.0 Å². The number of carbonyl (C=O) groups excluding carboxylic acids is 3. The molecule has 3 amide bonds. The second-order valence-electron chi connectivity index (χ2n) is 11.3. The Bertz CT molecular complexity index is 947. The number of amides is 3. The fourth-order valence-corrected chi connectivity index (χ4v) is 4.69. The van der Waals surface area contributed by atoms with Crippen LogP contribution in [0.15, 0.2) is 18.2 Å². The number of hydrogen-bond donors (Lipinski definition) is 2. The first-order chi connectivity index (χ1) is 16.8. The van der Waals surface area contributed by atoms with E-state index in [1.807, 2.05) is 45.9 Å². The van der Waals surface area contributed by atoms with E-state index in [4.69, 9.17) is 11.2 Å². The van der Waals surface area contributed by atoms with Gasteiger partial charge in [0, 0.05) is 12.1 Å². The summed E-state index contributed by atoms with van der Waals surface area (Å²) < 4.78 is 5.39. The third kappa shape index (κ3) is 8.89. The largest absolute Gasteiger partial charge is 0.444 e. The van der Waals surface area contributed by atoms with Crippen LogP contribution >= 0.6 is 0 Å². The summed E-state index contributed by atoms with van der Waals surface area (Å²) in [5.74, 6) is -0.733. The number of carbonyl (C=O) groups is 3. The van der Waals surface area contributed by atoms with Gasteiger partial charge in [-0.3, -0.25) is 14.5 Å². The fraction of sp³-hybridized carbons (Fsp3) is 0.621. The van der Waals surface area contributed by atoms with E-state index in [0.717, 1.165) is 48.1 Å². The molecular formula is C29H43N3O4. The number of benzene rings is 1. The molecule has 36 heavy (non-hydrogen) atoms. The lowest BCUT2D eigenvalue weighted by Crippen LogP contribution is -2.52. The minimum Gasteiger partial charge on any atom is -0.444 e. The van der Waals surface area contributed by atoms with Crippen molar-refractivity contribution in [1.82, 2.24) is 15.5 Å². The van der Waals surface area contributed by atoms with E-state index in [1.165, 1.54) is 0 Å². The summed E-state index contributed by atoms with van der Waals surface area (Å²) >= 11 is 0. The number of alkyl carbamates (subject to hydrolysis) is 1. The van der Waals surface area contributed by atoms with Gasteiger partial charge in [-0.15, -0.1) is 0 Å². The van der Waals surface area contributed by atoms with Gasteiger partial charge in [0.25, 0.3) is 5.91 Å². The summed E-state index contributed by atoms with van der Waals surface area (Å²) in [5.41, 5.74) is 1.86. The van der Waals surface area contributed by atoms with Crippen LogP contribution < -0.4 is 10.6 Å². The molecule has 2 rings (SSSR count). The Morgan fingerprint density at radius 3 is 2.17 bits per heavy atom. The van der Waals surface area contributed by atoms with Crippen molar-refractivity contribution in [2.45, 2.75) is 111 Å². The van der Waals surface area contributed by atoms with Crippen molar-refractivity contribution >= 4 is 17.9 Å². The first-order valence-electron chi connectivity index (χ1n) is 13.0. The molecule has 0 spiro atoms. The zero-order valence-corrected chi connectivity index (χ0v) is 22.9. The monoisotopic (exact) mass is 497 g/mol. The highest BCUT2D eigenvalue weighted by Crippen LogP contribution is 2.27. The second-order valence-corrected chi connectivity index (χ2v) is 11.3. The molecule has 1 aliphatic carbocycles. The zero-order valence-electron chi connectivity index (χ0n) is 22.9. The quantitative estimate of drug-likeness (QED) is 0.384. The van der Waals surface area contributed by atoms with E-state index < -0.39 is 29.7 Å². The maximum Gasteiger partial charge on any atom is 0.408 e. The predicted molar refractivity (Wildman–Crippen MR) is 142 cm³/mol. The van der Waals surface area contributed by atoms with Crippen LogP contribution in [0.2, 0.25) is 0 Å². The Hall–Kier alpha value is -3.01. The molecule has 7 heteroatoms. The molecule has 2 atom stereocenters. The molecule has 0 aromatic heterocycles. The Labute approximate surface area is 216 Å². The maximum absolute atomic E-state index is 13.8. The molecule has 0 radical (unpaired) electrons. The summed E-state index contributed by atoms with van der Waals surface area (Å²) in [7, 11) is 0. The minimum atomic E-state index is -1.02. The number of terminal acetylenes is 1. The highest BCUT2D eigenvalue weighted by Gasteiger charge is 2.37. The number of hydrogen-bond acceptors (Lipinski definition) is 4. The molecule has 2 unspecified atom stereocenters. The van der Waals surface area contributed by atoms with Crippen molar-refractivity contribution in [3.8, 4) is 12.5 Å². The van der Waals surface area contributed by atoms with Gasteiger partial charge < -0.3 is 15.4 Å². The molecule has 2 N–H and O–H groups in total. The van der Waals surface area contributed by atoms with Gasteiger partial charge in [-0.2, -0.15) is 0 Å². The van der Waals surface area contributed by atoms with Gasteiger partial charge in [0.05, 0.1) is 0 Å². The molecule has 0 saturated heterocycles. The van der Waals surface area contributed by atoms with Crippen molar-refractivity contribution < 1.29 is 19.1 Å². The molecule has 1 fully saturated rings. The summed E-state index contributed by atoms with van der Waals surface area (Å²) in [4.78, 5) is 41.2. The molecular weight excluding hydrogens is 454 g/mol. The van der Waals surface area contributed by atoms with Gasteiger partial charge in [-0.1, -0.05) is 68.9 Å². The first kappa shape index (κ1) is 29.2.